The van der Waals surface area contributed by atoms with E-state index in [4.69, 9.17) is 0 Å². The number of Topliss-reactive ketones (excluding diaryl/α,β-unsaturated/α-hetero) is 1. The van der Waals surface area contributed by atoms with Crippen LogP contribution >= 0.6 is 0 Å². The number of rotatable bonds is 1. The van der Waals surface area contributed by atoms with E-state index in [9.17, 15) is 13.2 Å². The predicted octanol–water partition coefficient (Wildman–Crippen LogP) is 1.01. The van der Waals surface area contributed by atoms with E-state index in [0.717, 1.165) is 25.7 Å². The molecule has 3 aliphatic rings. The number of ketones is 1. The van der Waals surface area contributed by atoms with E-state index in [-0.39, 0.29) is 23.5 Å². The van der Waals surface area contributed by atoms with Gasteiger partial charge >= 0.3 is 0 Å². The van der Waals surface area contributed by atoms with E-state index in [1.165, 1.54) is 0 Å². The lowest BCUT2D eigenvalue weighted by Gasteiger charge is -2.45. The molecule has 2 saturated carbocycles. The van der Waals surface area contributed by atoms with Crippen molar-refractivity contribution in [3.05, 3.63) is 5.82 Å². The van der Waals surface area contributed by atoms with Crippen LogP contribution in [0.4, 0.5) is 0 Å². The maximum atomic E-state index is 13.0. The minimum atomic E-state index is -3.25. The summed E-state index contributed by atoms with van der Waals surface area (Å²) in [6, 6.07) is 0. The fraction of sp³-hybridized carbons (Fsp3) is 0.857. The Kier molecular flexibility index (Phi) is 3.32. The zero-order valence-corrected chi connectivity index (χ0v) is 13.1. The van der Waals surface area contributed by atoms with Crippen molar-refractivity contribution in [2.45, 2.75) is 61.4 Å². The molecule has 0 radical (unpaired) electrons. The van der Waals surface area contributed by atoms with Crippen molar-refractivity contribution in [3.8, 4) is 0 Å². The molecule has 7 nitrogen and oxygen atoms in total. The highest BCUT2D eigenvalue weighted by atomic mass is 32.2. The topological polar surface area (TPSA) is 106 Å². The van der Waals surface area contributed by atoms with Gasteiger partial charge in [-0.2, -0.15) is 5.21 Å². The second-order valence-electron chi connectivity index (χ2n) is 6.85. The van der Waals surface area contributed by atoms with Crippen LogP contribution in [0.15, 0.2) is 0 Å². The molecule has 1 aromatic heterocycles. The Balaban J connectivity index is 1.66. The maximum Gasteiger partial charge on any atom is 0.177 e. The molecule has 120 valence electrons. The molecule has 3 fully saturated rings. The minimum absolute atomic E-state index is 0.0114. The number of fused-ring (bicyclic) bond motifs is 2. The number of carbonyl (C=O) groups excluding carboxylic acids is 1. The smallest absolute Gasteiger partial charge is 0.177 e. The number of hydrogen-bond donors (Lipinski definition) is 1. The van der Waals surface area contributed by atoms with Gasteiger partial charge in [-0.05, 0) is 32.1 Å². The minimum Gasteiger partial charge on any atom is -0.299 e. The molecule has 1 N–H and O–H groups in total. The van der Waals surface area contributed by atoms with Crippen molar-refractivity contribution in [1.82, 2.24) is 20.6 Å². The van der Waals surface area contributed by atoms with Gasteiger partial charge in [-0.1, -0.05) is 18.1 Å². The molecule has 1 aliphatic heterocycles. The van der Waals surface area contributed by atoms with Crippen LogP contribution in [0.1, 0.15) is 56.7 Å². The van der Waals surface area contributed by atoms with Gasteiger partial charge < -0.3 is 0 Å². The summed E-state index contributed by atoms with van der Waals surface area (Å²) < 4.78 is 26.1. The highest BCUT2D eigenvalue weighted by Gasteiger charge is 2.55. The number of tetrazole rings is 1. The Bertz CT molecular complexity index is 672. The first-order valence-corrected chi connectivity index (χ1v) is 9.69. The van der Waals surface area contributed by atoms with Crippen molar-refractivity contribution in [2.75, 3.05) is 0 Å². The Morgan fingerprint density at radius 2 is 1.77 bits per heavy atom. The average Bonchev–Trinajstić information content (AvgIpc) is 3.07. The molecule has 5 atom stereocenters. The van der Waals surface area contributed by atoms with Gasteiger partial charge in [0.2, 0.25) is 0 Å². The summed E-state index contributed by atoms with van der Waals surface area (Å²) in [6.45, 7) is 0. The van der Waals surface area contributed by atoms with Crippen molar-refractivity contribution in [1.29, 1.82) is 0 Å². The Morgan fingerprint density at radius 3 is 2.55 bits per heavy atom. The van der Waals surface area contributed by atoms with Crippen molar-refractivity contribution in [3.63, 3.8) is 0 Å². The van der Waals surface area contributed by atoms with E-state index in [1.54, 1.807) is 0 Å². The summed E-state index contributed by atoms with van der Waals surface area (Å²) in [4.78, 5) is 12.8. The molecular weight excluding hydrogens is 304 g/mol. The molecule has 0 spiro atoms. The first-order valence-electron chi connectivity index (χ1n) is 8.09. The normalized spacial score (nSPS) is 40.7. The third-order valence-electron chi connectivity index (χ3n) is 5.80. The molecule has 1 saturated heterocycles. The van der Waals surface area contributed by atoms with Crippen molar-refractivity contribution >= 4 is 15.6 Å². The lowest BCUT2D eigenvalue weighted by atomic mass is 9.73. The fourth-order valence-electron chi connectivity index (χ4n) is 4.71. The zero-order valence-electron chi connectivity index (χ0n) is 12.3. The highest BCUT2D eigenvalue weighted by Crippen LogP contribution is 2.47. The number of aromatic nitrogens is 4. The average molecular weight is 324 g/mol. The molecule has 0 aromatic carbocycles. The van der Waals surface area contributed by atoms with Gasteiger partial charge in [0.05, 0.1) is 10.5 Å². The van der Waals surface area contributed by atoms with E-state index in [1.807, 2.05) is 0 Å². The third kappa shape index (κ3) is 2.03. The van der Waals surface area contributed by atoms with Crippen LogP contribution in [0.2, 0.25) is 0 Å². The predicted molar refractivity (Wildman–Crippen MR) is 77.7 cm³/mol. The van der Waals surface area contributed by atoms with Crippen molar-refractivity contribution < 1.29 is 13.2 Å². The molecular formula is C14H20N4O3S. The number of nitrogens with zero attached hydrogens (tertiary/aromatic N) is 3. The summed E-state index contributed by atoms with van der Waals surface area (Å²) >= 11 is 0. The fourth-order valence-corrected chi connectivity index (χ4v) is 7.61. The summed E-state index contributed by atoms with van der Waals surface area (Å²) in [5, 5.41) is 13.0. The van der Waals surface area contributed by atoms with Crippen LogP contribution in [-0.4, -0.2) is 45.3 Å². The number of aromatic amines is 1. The summed E-state index contributed by atoms with van der Waals surface area (Å²) in [7, 11) is -3.25. The lowest BCUT2D eigenvalue weighted by molar-refractivity contribution is -0.129. The van der Waals surface area contributed by atoms with Gasteiger partial charge in [0.1, 0.15) is 5.78 Å². The molecule has 0 bridgehead atoms. The van der Waals surface area contributed by atoms with Gasteiger partial charge in [0.15, 0.2) is 15.7 Å². The first-order chi connectivity index (χ1) is 10.6. The molecule has 22 heavy (non-hydrogen) atoms. The summed E-state index contributed by atoms with van der Waals surface area (Å²) in [5.74, 6) is 0.208. The number of hydrogen-bond acceptors (Lipinski definition) is 6. The van der Waals surface area contributed by atoms with Crippen LogP contribution < -0.4 is 0 Å². The lowest BCUT2D eigenvalue weighted by Crippen LogP contribution is -2.55. The van der Waals surface area contributed by atoms with Gasteiger partial charge in [0.25, 0.3) is 0 Å². The Morgan fingerprint density at radius 1 is 1.00 bits per heavy atom. The Hall–Kier alpha value is -1.31. The van der Waals surface area contributed by atoms with Crippen LogP contribution in [-0.2, 0) is 14.6 Å². The Labute approximate surface area is 129 Å². The highest BCUT2D eigenvalue weighted by molar-refractivity contribution is 7.92. The van der Waals surface area contributed by atoms with Crippen LogP contribution in [0, 0.1) is 11.8 Å². The molecule has 4 rings (SSSR count). The van der Waals surface area contributed by atoms with E-state index >= 15 is 0 Å². The third-order valence-corrected chi connectivity index (χ3v) is 8.57. The standard InChI is InChI=1S/C14H20N4O3S/c19-13-9-3-1-2-4-11(9)22(20,21)12-7-8(5-6-10(12)13)14-15-17-18-16-14/h8-12H,1-7H2,(H,15,16,17,18). The zero-order chi connectivity index (χ0) is 15.3. The second kappa shape index (κ2) is 5.11. The van der Waals surface area contributed by atoms with Gasteiger partial charge in [-0.25, -0.2) is 8.42 Å². The van der Waals surface area contributed by atoms with E-state index < -0.39 is 20.3 Å². The van der Waals surface area contributed by atoms with Crippen molar-refractivity contribution in [2.24, 2.45) is 11.8 Å². The monoisotopic (exact) mass is 324 g/mol. The van der Waals surface area contributed by atoms with Gasteiger partial charge in [-0.3, -0.25) is 4.79 Å². The van der Waals surface area contributed by atoms with Gasteiger partial charge in [0, 0.05) is 17.8 Å². The second-order valence-corrected chi connectivity index (χ2v) is 9.23. The number of carbonyl (C=O) groups is 1. The van der Waals surface area contributed by atoms with Crippen LogP contribution in [0.3, 0.4) is 0 Å². The summed E-state index contributed by atoms with van der Waals surface area (Å²) in [6.07, 6.45) is 5.14. The van der Waals surface area contributed by atoms with Crippen LogP contribution in [0.5, 0.6) is 0 Å². The number of H-pyrrole nitrogens is 1. The maximum absolute atomic E-state index is 13.0. The molecule has 8 heteroatoms. The first kappa shape index (κ1) is 14.3. The van der Waals surface area contributed by atoms with Gasteiger partial charge in [-0.15, -0.1) is 10.2 Å². The molecule has 1 aromatic rings. The SMILES string of the molecule is O=C1C2CCCCC2S(=O)(=O)C2CC(c3nn[nH]n3)CCC12. The van der Waals surface area contributed by atoms with Crippen LogP contribution in [0.25, 0.3) is 0 Å². The van der Waals surface area contributed by atoms with E-state index in [2.05, 4.69) is 20.6 Å². The summed E-state index contributed by atoms with van der Waals surface area (Å²) in [5.41, 5.74) is 0. The number of nitrogens with one attached hydrogen (secondary N) is 1. The molecule has 2 aliphatic carbocycles. The molecule has 5 unspecified atom stereocenters. The molecule has 2 heterocycles. The number of sulfone groups is 1. The van der Waals surface area contributed by atoms with E-state index in [0.29, 0.717) is 25.1 Å². The molecule has 0 amide bonds. The largest absolute Gasteiger partial charge is 0.299 e. The quantitative estimate of drug-likeness (QED) is 0.826.